The van der Waals surface area contributed by atoms with Crippen LogP contribution >= 0.6 is 11.8 Å². The summed E-state index contributed by atoms with van der Waals surface area (Å²) < 4.78 is 0. The van der Waals surface area contributed by atoms with Crippen LogP contribution < -0.4 is 10.6 Å². The average Bonchev–Trinajstić information content (AvgIpc) is 3.37. The number of thioether (sulfide) groups is 1. The van der Waals surface area contributed by atoms with E-state index in [1.54, 1.807) is 16.7 Å². The number of hydrogen-bond acceptors (Lipinski definition) is 8. The Morgan fingerprint density at radius 3 is 2.49 bits per heavy atom. The van der Waals surface area contributed by atoms with Gasteiger partial charge < -0.3 is 36.0 Å². The second-order valence-electron chi connectivity index (χ2n) is 15.7. The van der Waals surface area contributed by atoms with Gasteiger partial charge in [0.25, 0.3) is 5.91 Å². The predicted molar refractivity (Wildman–Crippen MR) is 173 cm³/mol. The molecule has 6 aliphatic rings. The Morgan fingerprint density at radius 1 is 1.04 bits per heavy atom. The number of carbonyl (C=O) groups is 2. The average molecular weight is 644 g/mol. The van der Waals surface area contributed by atoms with Gasteiger partial charge in [-0.25, -0.2) is 0 Å². The summed E-state index contributed by atoms with van der Waals surface area (Å²) in [5.74, 6) is 4.16. The van der Waals surface area contributed by atoms with Gasteiger partial charge in [0.1, 0.15) is 17.1 Å². The summed E-state index contributed by atoms with van der Waals surface area (Å²) >= 11 is 1.61. The Balaban J connectivity index is 1.06. The molecule has 0 aromatic carbocycles. The molecule has 9 nitrogen and oxygen atoms in total. The van der Waals surface area contributed by atoms with Crippen LogP contribution in [0.5, 0.6) is 0 Å². The SMILES string of the molecule is C#CCNC(=O)C1=C(C)CSC2C(NC(=O)CC[C@@H](C)[C@H]3CC[C@H]4[C@@H]5C(O)C(O)[C@@H]6C[C@H](O)CC[C@]6(C)C5CC[C@]34C)C(O)N12. The number of nitrogens with zero attached hydrogens (tertiary/aromatic N) is 1. The van der Waals surface area contributed by atoms with Gasteiger partial charge in [-0.3, -0.25) is 9.59 Å². The van der Waals surface area contributed by atoms with E-state index in [1.807, 2.05) is 6.92 Å². The van der Waals surface area contributed by atoms with Crippen molar-refractivity contribution in [3.05, 3.63) is 11.3 Å². The molecule has 4 aliphatic carbocycles. The number of hydrogen-bond donors (Lipinski definition) is 6. The van der Waals surface area contributed by atoms with Crippen LogP contribution in [0.25, 0.3) is 0 Å². The number of rotatable bonds is 7. The standard InChI is InChI=1S/C35H53N3O6S/c1-6-15-36-31(43)28-19(3)17-45-33-27(32(44)38(28)33)37-25(40)10-7-18(2)21-8-9-22-26-23(12-14-34(21,22)4)35(5)13-11-20(39)16-24(35)29(41)30(26)42/h1,18,20-24,26-27,29-30,32-33,39,41-42,44H,7-17H2,2-5H3,(H,36,43)(H,37,40)/t18-,20-,21-,22+,23?,24+,26+,27?,29?,30?,32?,33?,34-,35-/m1/s1. The Hall–Kier alpha value is -1.77. The van der Waals surface area contributed by atoms with E-state index < -0.39 is 24.5 Å². The third kappa shape index (κ3) is 5.33. The summed E-state index contributed by atoms with van der Waals surface area (Å²) in [6.45, 7) is 8.96. The lowest BCUT2D eigenvalue weighted by atomic mass is 9.43. The van der Waals surface area contributed by atoms with E-state index in [2.05, 4.69) is 37.3 Å². The van der Waals surface area contributed by atoms with Gasteiger partial charge in [-0.1, -0.05) is 26.7 Å². The quantitative estimate of drug-likeness (QED) is 0.233. The Morgan fingerprint density at radius 2 is 1.76 bits per heavy atom. The highest BCUT2D eigenvalue weighted by Gasteiger charge is 2.65. The van der Waals surface area contributed by atoms with Crippen LogP contribution in [0.2, 0.25) is 0 Å². The number of amides is 2. The minimum Gasteiger partial charge on any atom is -0.393 e. The molecule has 6 rings (SSSR count). The second-order valence-corrected chi connectivity index (χ2v) is 16.8. The molecular formula is C35H53N3O6S. The van der Waals surface area contributed by atoms with Crippen molar-refractivity contribution in [2.24, 2.45) is 46.3 Å². The minimum absolute atomic E-state index is 0.0509. The van der Waals surface area contributed by atoms with E-state index >= 15 is 0 Å². The van der Waals surface area contributed by atoms with E-state index in [1.165, 1.54) is 0 Å². The van der Waals surface area contributed by atoms with Gasteiger partial charge in [0, 0.05) is 12.2 Å². The highest BCUT2D eigenvalue weighted by Crippen LogP contribution is 2.68. The van der Waals surface area contributed by atoms with Crippen molar-refractivity contribution in [3.8, 4) is 12.3 Å². The van der Waals surface area contributed by atoms with Gasteiger partial charge in [0.2, 0.25) is 5.91 Å². The first-order valence-corrected chi connectivity index (χ1v) is 18.2. The van der Waals surface area contributed by atoms with Crippen molar-refractivity contribution in [2.45, 2.75) is 121 Å². The van der Waals surface area contributed by atoms with E-state index in [-0.39, 0.29) is 52.5 Å². The molecule has 0 aromatic heterocycles. The van der Waals surface area contributed by atoms with Gasteiger partial charge in [-0.15, -0.1) is 18.2 Å². The highest BCUT2D eigenvalue weighted by atomic mass is 32.2. The number of nitrogens with one attached hydrogen (secondary N) is 2. The molecule has 4 saturated carbocycles. The largest absolute Gasteiger partial charge is 0.393 e. The molecule has 6 unspecified atom stereocenters. The molecule has 2 heterocycles. The molecule has 14 atom stereocenters. The van der Waals surface area contributed by atoms with E-state index in [9.17, 15) is 30.0 Å². The molecule has 45 heavy (non-hydrogen) atoms. The molecular weight excluding hydrogens is 590 g/mol. The minimum atomic E-state index is -0.971. The molecule has 0 radical (unpaired) electrons. The smallest absolute Gasteiger partial charge is 0.268 e. The first-order valence-electron chi connectivity index (χ1n) is 17.2. The van der Waals surface area contributed by atoms with Crippen LogP contribution in [0.15, 0.2) is 11.3 Å². The van der Waals surface area contributed by atoms with Gasteiger partial charge in [0.15, 0.2) is 6.23 Å². The molecule has 5 fully saturated rings. The molecule has 6 N–H and O–H groups in total. The van der Waals surface area contributed by atoms with E-state index in [0.717, 1.165) is 50.5 Å². The molecule has 0 bridgehead atoms. The summed E-state index contributed by atoms with van der Waals surface area (Å²) in [6, 6.07) is -0.449. The molecule has 1 saturated heterocycles. The molecule has 2 amide bonds. The molecule has 250 valence electrons. The Kier molecular flexibility index (Phi) is 9.10. The van der Waals surface area contributed by atoms with Crippen molar-refractivity contribution in [1.82, 2.24) is 15.5 Å². The molecule has 0 spiro atoms. The maximum Gasteiger partial charge on any atom is 0.268 e. The lowest BCUT2D eigenvalue weighted by Crippen LogP contribution is -2.73. The fraction of sp³-hybridized carbons (Fsp3) is 0.829. The van der Waals surface area contributed by atoms with Crippen LogP contribution in [0.1, 0.15) is 85.5 Å². The fourth-order valence-corrected chi connectivity index (χ4v) is 12.6. The zero-order chi connectivity index (χ0) is 32.4. The molecule has 2 aliphatic heterocycles. The monoisotopic (exact) mass is 643 g/mol. The maximum atomic E-state index is 13.2. The number of aliphatic hydroxyl groups excluding tert-OH is 4. The zero-order valence-electron chi connectivity index (χ0n) is 27.2. The number of carbonyl (C=O) groups excluding carboxylic acids is 2. The second kappa shape index (κ2) is 12.4. The van der Waals surface area contributed by atoms with Crippen LogP contribution in [0.4, 0.5) is 0 Å². The van der Waals surface area contributed by atoms with Crippen LogP contribution in [-0.2, 0) is 9.59 Å². The van der Waals surface area contributed by atoms with Gasteiger partial charge in [0.05, 0.1) is 24.9 Å². The lowest BCUT2D eigenvalue weighted by molar-refractivity contribution is -0.223. The van der Waals surface area contributed by atoms with Gasteiger partial charge >= 0.3 is 0 Å². The summed E-state index contributed by atoms with van der Waals surface area (Å²) in [7, 11) is 0. The van der Waals surface area contributed by atoms with Crippen molar-refractivity contribution in [1.29, 1.82) is 0 Å². The number of terminal acetylenes is 1. The Bertz CT molecular complexity index is 1250. The first-order chi connectivity index (χ1) is 21.3. The normalized spacial score (nSPS) is 46.0. The van der Waals surface area contributed by atoms with Crippen LogP contribution in [-0.4, -0.2) is 85.4 Å². The van der Waals surface area contributed by atoms with Crippen LogP contribution in [0, 0.1) is 58.7 Å². The van der Waals surface area contributed by atoms with Crippen LogP contribution in [0.3, 0.4) is 0 Å². The summed E-state index contributed by atoms with van der Waals surface area (Å²) in [5.41, 5.74) is 1.33. The third-order valence-corrected chi connectivity index (χ3v) is 15.0. The fourth-order valence-electron chi connectivity index (χ4n) is 11.2. The molecule has 0 aromatic rings. The summed E-state index contributed by atoms with van der Waals surface area (Å²) in [4.78, 5) is 27.6. The van der Waals surface area contributed by atoms with E-state index in [4.69, 9.17) is 6.42 Å². The van der Waals surface area contributed by atoms with Crippen molar-refractivity contribution < 1.29 is 30.0 Å². The number of aliphatic hydroxyl groups is 4. The summed E-state index contributed by atoms with van der Waals surface area (Å²) in [6.07, 6.45) is 10.0. The predicted octanol–water partition coefficient (Wildman–Crippen LogP) is 2.58. The lowest BCUT2D eigenvalue weighted by Gasteiger charge is -2.63. The maximum absolute atomic E-state index is 13.2. The topological polar surface area (TPSA) is 142 Å². The third-order valence-electron chi connectivity index (χ3n) is 13.5. The van der Waals surface area contributed by atoms with Gasteiger partial charge in [-0.2, -0.15) is 0 Å². The molecule has 10 heteroatoms. The zero-order valence-corrected chi connectivity index (χ0v) is 28.1. The first kappa shape index (κ1) is 33.1. The summed E-state index contributed by atoms with van der Waals surface area (Å²) in [5, 5.41) is 49.8. The van der Waals surface area contributed by atoms with Crippen molar-refractivity contribution >= 4 is 23.6 Å². The Labute approximate surface area is 272 Å². The van der Waals surface area contributed by atoms with E-state index in [0.29, 0.717) is 48.0 Å². The van der Waals surface area contributed by atoms with Crippen molar-refractivity contribution in [2.75, 3.05) is 12.3 Å². The van der Waals surface area contributed by atoms with Gasteiger partial charge in [-0.05, 0) is 110 Å². The highest BCUT2D eigenvalue weighted by molar-refractivity contribution is 8.00. The number of fused-ring (bicyclic) bond motifs is 6. The van der Waals surface area contributed by atoms with Crippen molar-refractivity contribution in [3.63, 3.8) is 0 Å².